The smallest absolute Gasteiger partial charge is 0.407 e. The number of ketones is 1. The number of likely N-dealkylation sites (N-methyl/N-ethyl adjacent to an activating group) is 1. The minimum absolute atomic E-state index is 0.110. The van der Waals surface area contributed by atoms with E-state index in [0.29, 0.717) is 32.5 Å². The first-order chi connectivity index (χ1) is 14.7. The fourth-order valence-electron chi connectivity index (χ4n) is 5.22. The fourth-order valence-corrected chi connectivity index (χ4v) is 5.22. The predicted molar refractivity (Wildman–Crippen MR) is 112 cm³/mol. The van der Waals surface area contributed by atoms with Crippen LogP contribution in [0.25, 0.3) is 0 Å². The summed E-state index contributed by atoms with van der Waals surface area (Å²) in [4.78, 5) is 41.5. The molecular formula is C23H30FN3O4. The summed E-state index contributed by atoms with van der Waals surface area (Å²) in [5, 5.41) is 13.0. The number of hydrogen-bond acceptors (Lipinski definition) is 4. The molecule has 0 unspecified atom stereocenters. The SMILES string of the molecule is CN(C(=O)O)[C@@]1(C(=O)C2CCN(C(=O)C3(C)CC3)CC2)CNC[C@@H]1c1ccc(F)cc1. The van der Waals surface area contributed by atoms with Crippen molar-refractivity contribution >= 4 is 17.8 Å². The zero-order valence-corrected chi connectivity index (χ0v) is 18.1. The van der Waals surface area contributed by atoms with Gasteiger partial charge in [-0.2, -0.15) is 0 Å². The topological polar surface area (TPSA) is 90.0 Å². The lowest BCUT2D eigenvalue weighted by Gasteiger charge is -2.43. The van der Waals surface area contributed by atoms with Crippen LogP contribution >= 0.6 is 0 Å². The van der Waals surface area contributed by atoms with E-state index in [-0.39, 0.29) is 35.4 Å². The highest BCUT2D eigenvalue weighted by Crippen LogP contribution is 2.47. The van der Waals surface area contributed by atoms with Crippen LogP contribution in [0.3, 0.4) is 0 Å². The molecule has 2 amide bonds. The molecule has 0 aromatic heterocycles. The average Bonchev–Trinajstić information content (AvgIpc) is 3.37. The summed E-state index contributed by atoms with van der Waals surface area (Å²) in [5.74, 6) is -1.05. The molecule has 2 heterocycles. The van der Waals surface area contributed by atoms with Gasteiger partial charge < -0.3 is 15.3 Å². The van der Waals surface area contributed by atoms with Crippen LogP contribution in [0.1, 0.15) is 44.1 Å². The number of likely N-dealkylation sites (tertiary alicyclic amines) is 1. The van der Waals surface area contributed by atoms with Crippen LogP contribution in [0.4, 0.5) is 9.18 Å². The van der Waals surface area contributed by atoms with Gasteiger partial charge in [-0.15, -0.1) is 0 Å². The standard InChI is InChI=1S/C23H30FN3O4/c1-22(9-10-22)20(29)27-11-7-16(8-12-27)19(28)23(26(2)21(30)31)14-25-13-18(23)15-3-5-17(24)6-4-15/h3-6,16,18,25H,7-14H2,1-2H3,(H,30,31)/t18-,23+/m1/s1. The number of halogens is 1. The molecule has 0 spiro atoms. The fraction of sp³-hybridized carbons (Fsp3) is 0.609. The molecule has 7 nitrogen and oxygen atoms in total. The first-order valence-electron chi connectivity index (χ1n) is 11.0. The average molecular weight is 432 g/mol. The van der Waals surface area contributed by atoms with Crippen molar-refractivity contribution in [3.63, 3.8) is 0 Å². The Labute approximate surface area is 181 Å². The summed E-state index contributed by atoms with van der Waals surface area (Å²) in [6.45, 7) is 3.68. The van der Waals surface area contributed by atoms with Crippen molar-refractivity contribution in [3.8, 4) is 0 Å². The number of Topliss-reactive ketones (excluding diaryl/α,β-unsaturated/α-hetero) is 1. The number of nitrogens with one attached hydrogen (secondary N) is 1. The Bertz CT molecular complexity index is 877. The van der Waals surface area contributed by atoms with E-state index in [1.165, 1.54) is 19.2 Å². The molecule has 168 valence electrons. The first-order valence-corrected chi connectivity index (χ1v) is 11.0. The Balaban J connectivity index is 1.58. The van der Waals surface area contributed by atoms with E-state index in [1.54, 1.807) is 12.1 Å². The Morgan fingerprint density at radius 2 is 1.77 bits per heavy atom. The molecule has 1 saturated carbocycles. The van der Waals surface area contributed by atoms with Crippen molar-refractivity contribution in [2.24, 2.45) is 11.3 Å². The van der Waals surface area contributed by atoms with Crippen LogP contribution in [0.5, 0.6) is 0 Å². The van der Waals surface area contributed by atoms with Crippen molar-refractivity contribution in [1.29, 1.82) is 0 Å². The highest BCUT2D eigenvalue weighted by molar-refractivity contribution is 5.95. The quantitative estimate of drug-likeness (QED) is 0.748. The molecule has 3 fully saturated rings. The van der Waals surface area contributed by atoms with Gasteiger partial charge in [-0.05, 0) is 43.4 Å². The summed E-state index contributed by atoms with van der Waals surface area (Å²) in [7, 11) is 1.44. The highest BCUT2D eigenvalue weighted by atomic mass is 19.1. The van der Waals surface area contributed by atoms with E-state index in [4.69, 9.17) is 0 Å². The second-order valence-corrected chi connectivity index (χ2v) is 9.49. The van der Waals surface area contributed by atoms with Gasteiger partial charge >= 0.3 is 6.09 Å². The zero-order valence-electron chi connectivity index (χ0n) is 18.1. The van der Waals surface area contributed by atoms with Crippen molar-refractivity contribution < 1.29 is 23.9 Å². The van der Waals surface area contributed by atoms with Gasteiger partial charge in [0.25, 0.3) is 0 Å². The molecule has 4 rings (SSSR count). The van der Waals surface area contributed by atoms with Gasteiger partial charge in [0.2, 0.25) is 5.91 Å². The van der Waals surface area contributed by atoms with Crippen LogP contribution < -0.4 is 5.32 Å². The molecule has 3 aliphatic rings. The lowest BCUT2D eigenvalue weighted by molar-refractivity contribution is -0.142. The van der Waals surface area contributed by atoms with E-state index in [2.05, 4.69) is 5.32 Å². The van der Waals surface area contributed by atoms with Crippen LogP contribution in [0.2, 0.25) is 0 Å². The number of piperidine rings is 1. The van der Waals surface area contributed by atoms with E-state index < -0.39 is 17.6 Å². The number of rotatable bonds is 5. The third kappa shape index (κ3) is 3.71. The number of hydrogen-bond donors (Lipinski definition) is 2. The molecule has 31 heavy (non-hydrogen) atoms. The predicted octanol–water partition coefficient (Wildman–Crippen LogP) is 2.47. The van der Waals surface area contributed by atoms with Gasteiger partial charge in [0.15, 0.2) is 5.78 Å². The first kappa shape index (κ1) is 21.7. The van der Waals surface area contributed by atoms with Gasteiger partial charge in [0.05, 0.1) is 0 Å². The van der Waals surface area contributed by atoms with E-state index in [9.17, 15) is 23.9 Å². The van der Waals surface area contributed by atoms with Gasteiger partial charge in [0, 0.05) is 50.5 Å². The number of carbonyl (C=O) groups excluding carboxylic acids is 2. The van der Waals surface area contributed by atoms with E-state index in [1.807, 2.05) is 11.8 Å². The van der Waals surface area contributed by atoms with Crippen LogP contribution in [-0.2, 0) is 9.59 Å². The normalized spacial score (nSPS) is 27.7. The number of carbonyl (C=O) groups is 3. The van der Waals surface area contributed by atoms with Gasteiger partial charge in [-0.3, -0.25) is 14.5 Å². The molecular weight excluding hydrogens is 401 g/mol. The molecule has 1 aromatic rings. The Kier molecular flexibility index (Phi) is 5.54. The van der Waals surface area contributed by atoms with Crippen molar-refractivity contribution in [2.45, 2.75) is 44.1 Å². The summed E-state index contributed by atoms with van der Waals surface area (Å²) in [6, 6.07) is 5.93. The van der Waals surface area contributed by atoms with Gasteiger partial charge in [-0.1, -0.05) is 19.1 Å². The van der Waals surface area contributed by atoms with Crippen molar-refractivity contribution in [2.75, 3.05) is 33.2 Å². The summed E-state index contributed by atoms with van der Waals surface area (Å²) in [5.41, 5.74) is -0.754. The molecule has 8 heteroatoms. The molecule has 2 atom stereocenters. The second-order valence-electron chi connectivity index (χ2n) is 9.49. The van der Waals surface area contributed by atoms with Crippen molar-refractivity contribution in [1.82, 2.24) is 15.1 Å². The number of nitrogens with zero attached hydrogens (tertiary/aromatic N) is 2. The molecule has 1 aromatic carbocycles. The Morgan fingerprint density at radius 1 is 1.16 bits per heavy atom. The number of carboxylic acid groups (broad SMARTS) is 1. The minimum Gasteiger partial charge on any atom is -0.465 e. The summed E-state index contributed by atoms with van der Waals surface area (Å²) < 4.78 is 13.5. The van der Waals surface area contributed by atoms with Crippen LogP contribution in [0, 0.1) is 17.2 Å². The third-order valence-electron chi connectivity index (χ3n) is 7.57. The van der Waals surface area contributed by atoms with Crippen LogP contribution in [0.15, 0.2) is 24.3 Å². The van der Waals surface area contributed by atoms with Crippen molar-refractivity contribution in [3.05, 3.63) is 35.6 Å². The molecule has 2 N–H and O–H groups in total. The number of benzene rings is 1. The number of amides is 2. The maximum Gasteiger partial charge on any atom is 0.407 e. The molecule has 0 bridgehead atoms. The third-order valence-corrected chi connectivity index (χ3v) is 7.57. The maximum atomic E-state index is 13.9. The Hall–Kier alpha value is -2.48. The molecule has 0 radical (unpaired) electrons. The second kappa shape index (κ2) is 7.89. The zero-order chi connectivity index (χ0) is 22.4. The van der Waals surface area contributed by atoms with E-state index >= 15 is 0 Å². The van der Waals surface area contributed by atoms with Gasteiger partial charge in [-0.25, -0.2) is 9.18 Å². The summed E-state index contributed by atoms with van der Waals surface area (Å²) in [6.07, 6.45) is 1.74. The molecule has 2 aliphatic heterocycles. The lowest BCUT2D eigenvalue weighted by atomic mass is 9.72. The molecule has 2 saturated heterocycles. The lowest BCUT2D eigenvalue weighted by Crippen LogP contribution is -2.62. The monoisotopic (exact) mass is 431 g/mol. The van der Waals surface area contributed by atoms with Gasteiger partial charge in [0.1, 0.15) is 11.4 Å². The largest absolute Gasteiger partial charge is 0.465 e. The highest BCUT2D eigenvalue weighted by Gasteiger charge is 2.56. The Morgan fingerprint density at radius 3 is 2.32 bits per heavy atom. The molecule has 1 aliphatic carbocycles. The van der Waals surface area contributed by atoms with E-state index in [0.717, 1.165) is 23.3 Å². The minimum atomic E-state index is -1.26. The van der Waals surface area contributed by atoms with Crippen LogP contribution in [-0.4, -0.2) is 71.5 Å². The summed E-state index contributed by atoms with van der Waals surface area (Å²) >= 11 is 0. The maximum absolute atomic E-state index is 13.9.